The molecule has 0 radical (unpaired) electrons. The third kappa shape index (κ3) is 26.0. The number of unbranched alkanes of at least 4 members (excludes halogenated alkanes) is 17. The van der Waals surface area contributed by atoms with E-state index >= 15 is 0 Å². The Morgan fingerprint density at radius 3 is 1.56 bits per heavy atom. The zero-order valence-corrected chi connectivity index (χ0v) is 23.9. The molecule has 0 rings (SSSR count). The van der Waals surface area contributed by atoms with E-state index in [4.69, 9.17) is 19.7 Å². The van der Waals surface area contributed by atoms with Gasteiger partial charge >= 0.3 is 20.6 Å². The van der Waals surface area contributed by atoms with Gasteiger partial charge in [0, 0.05) is 12.8 Å². The third-order valence-electron chi connectivity index (χ3n) is 6.36. The fraction of sp³-hybridized carbons (Fsp3) is 0.929. The predicted molar refractivity (Wildman–Crippen MR) is 146 cm³/mol. The number of esters is 2. The quantitative estimate of drug-likeness (QED) is 0.0623. The van der Waals surface area contributed by atoms with Crippen LogP contribution in [0.1, 0.15) is 142 Å². The lowest BCUT2D eigenvalue weighted by molar-refractivity contribution is -0.160. The van der Waals surface area contributed by atoms with Crippen LogP contribution in [0, 0.1) is 0 Å². The first-order valence-electron chi connectivity index (χ1n) is 14.6. The molecule has 7 nitrogen and oxygen atoms in total. The van der Waals surface area contributed by atoms with E-state index in [1.54, 1.807) is 0 Å². The largest absolute Gasteiger partial charge is 0.462 e. The second kappa shape index (κ2) is 28.5. The van der Waals surface area contributed by atoms with Gasteiger partial charge in [0.05, 0.1) is 0 Å². The Hall–Kier alpha value is -1.04. The standard InChI is InChI=1S/C28H54NO6P/c1-2-3-4-5-6-7-9-13-16-19-22-28(31)35-26(25-34-36-32)24-33-27(30)21-18-15-12-10-8-11-14-17-20-23-29/h26H,2-25,29H2,1H3/t26-/m1/s1. The molecule has 8 heteroatoms. The summed E-state index contributed by atoms with van der Waals surface area (Å²) in [7, 11) is -0.487. The summed E-state index contributed by atoms with van der Waals surface area (Å²) in [6.07, 6.45) is 22.2. The van der Waals surface area contributed by atoms with Crippen LogP contribution >= 0.6 is 8.69 Å². The van der Waals surface area contributed by atoms with E-state index in [1.165, 1.54) is 77.0 Å². The Morgan fingerprint density at radius 1 is 0.639 bits per heavy atom. The molecule has 0 fully saturated rings. The maximum atomic E-state index is 12.2. The summed E-state index contributed by atoms with van der Waals surface area (Å²) in [6, 6.07) is 0. The zero-order chi connectivity index (χ0) is 26.5. The molecule has 0 aromatic carbocycles. The zero-order valence-electron chi connectivity index (χ0n) is 23.0. The Balaban J connectivity index is 3.82. The molecule has 212 valence electrons. The van der Waals surface area contributed by atoms with Gasteiger partial charge in [-0.25, -0.2) is 4.57 Å². The molecule has 0 aliphatic rings. The van der Waals surface area contributed by atoms with Crippen molar-refractivity contribution in [1.29, 1.82) is 0 Å². The van der Waals surface area contributed by atoms with Crippen molar-refractivity contribution in [2.75, 3.05) is 19.8 Å². The number of carbonyl (C=O) groups excluding carboxylic acids is 2. The smallest absolute Gasteiger partial charge is 0.327 e. The van der Waals surface area contributed by atoms with Crippen molar-refractivity contribution in [1.82, 2.24) is 0 Å². The van der Waals surface area contributed by atoms with Gasteiger partial charge in [0.25, 0.3) is 0 Å². The van der Waals surface area contributed by atoms with Crippen LogP contribution in [0.4, 0.5) is 0 Å². The monoisotopic (exact) mass is 531 g/mol. The average molecular weight is 532 g/mol. The van der Waals surface area contributed by atoms with E-state index in [2.05, 4.69) is 6.92 Å². The molecule has 0 unspecified atom stereocenters. The molecule has 0 bridgehead atoms. The molecule has 0 heterocycles. The SMILES string of the molecule is CCCCCCCCCCCCC(=O)O[C@@H](COP=O)COC(=O)CCCCCCCCCCCN. The lowest BCUT2D eigenvalue weighted by atomic mass is 10.1. The molecule has 0 amide bonds. The highest BCUT2D eigenvalue weighted by Gasteiger charge is 2.17. The fourth-order valence-corrected chi connectivity index (χ4v) is 4.37. The molecule has 0 aliphatic heterocycles. The van der Waals surface area contributed by atoms with E-state index < -0.39 is 14.8 Å². The molecule has 0 aromatic rings. The fourth-order valence-electron chi connectivity index (χ4n) is 4.14. The topological polar surface area (TPSA) is 105 Å². The number of ether oxygens (including phenoxy) is 2. The molecule has 0 aliphatic carbocycles. The summed E-state index contributed by atoms with van der Waals surface area (Å²) in [4.78, 5) is 24.2. The average Bonchev–Trinajstić information content (AvgIpc) is 2.87. The highest BCUT2D eigenvalue weighted by molar-refractivity contribution is 7.17. The van der Waals surface area contributed by atoms with Crippen LogP contribution in [0.25, 0.3) is 0 Å². The van der Waals surface area contributed by atoms with Crippen LogP contribution in [0.15, 0.2) is 0 Å². The van der Waals surface area contributed by atoms with Crippen molar-refractivity contribution >= 4 is 20.6 Å². The molecule has 36 heavy (non-hydrogen) atoms. The summed E-state index contributed by atoms with van der Waals surface area (Å²) >= 11 is 0. The minimum atomic E-state index is -0.731. The molecule has 0 aromatic heterocycles. The van der Waals surface area contributed by atoms with Gasteiger partial charge in [0.1, 0.15) is 13.2 Å². The molecule has 1 atom stereocenters. The lowest BCUT2D eigenvalue weighted by Gasteiger charge is -2.16. The number of hydrogen-bond donors (Lipinski definition) is 1. The molecule has 2 N–H and O–H groups in total. The van der Waals surface area contributed by atoms with Gasteiger partial charge in [-0.15, -0.1) is 0 Å². The Morgan fingerprint density at radius 2 is 1.08 bits per heavy atom. The van der Waals surface area contributed by atoms with Gasteiger partial charge in [-0.05, 0) is 25.8 Å². The Labute approximate surface area is 222 Å². The van der Waals surface area contributed by atoms with Crippen molar-refractivity contribution in [3.8, 4) is 0 Å². The number of nitrogens with two attached hydrogens (primary N) is 1. The number of hydrogen-bond acceptors (Lipinski definition) is 7. The van der Waals surface area contributed by atoms with Crippen LogP contribution in [-0.4, -0.2) is 37.8 Å². The van der Waals surface area contributed by atoms with E-state index in [0.717, 1.165) is 51.5 Å². The van der Waals surface area contributed by atoms with Crippen molar-refractivity contribution in [3.05, 3.63) is 0 Å². The molecule has 0 saturated carbocycles. The maximum absolute atomic E-state index is 12.2. The summed E-state index contributed by atoms with van der Waals surface area (Å²) < 4.78 is 26.2. The molecular formula is C28H54NO6P. The molecule has 0 spiro atoms. The normalized spacial score (nSPS) is 12.1. The first kappa shape index (κ1) is 35.0. The van der Waals surface area contributed by atoms with Crippen molar-refractivity contribution in [2.45, 2.75) is 148 Å². The predicted octanol–water partition coefficient (Wildman–Crippen LogP) is 7.84. The van der Waals surface area contributed by atoms with Gasteiger partial charge < -0.3 is 15.2 Å². The van der Waals surface area contributed by atoms with E-state index in [1.807, 2.05) is 0 Å². The Kier molecular flexibility index (Phi) is 27.7. The van der Waals surface area contributed by atoms with Crippen molar-refractivity contribution < 1.29 is 28.2 Å². The van der Waals surface area contributed by atoms with Crippen molar-refractivity contribution in [3.63, 3.8) is 0 Å². The van der Waals surface area contributed by atoms with E-state index in [0.29, 0.717) is 12.8 Å². The summed E-state index contributed by atoms with van der Waals surface area (Å²) in [5.74, 6) is -0.628. The Bertz CT molecular complexity index is 520. The highest BCUT2D eigenvalue weighted by Crippen LogP contribution is 2.13. The second-order valence-electron chi connectivity index (χ2n) is 9.82. The lowest BCUT2D eigenvalue weighted by Crippen LogP contribution is -2.28. The summed E-state index contributed by atoms with van der Waals surface area (Å²) in [6.45, 7) is 2.88. The van der Waals surface area contributed by atoms with Crippen molar-refractivity contribution in [2.24, 2.45) is 5.73 Å². The highest BCUT2D eigenvalue weighted by atomic mass is 31.1. The van der Waals surface area contributed by atoms with Crippen LogP contribution in [0.5, 0.6) is 0 Å². The van der Waals surface area contributed by atoms with Crippen LogP contribution in [0.2, 0.25) is 0 Å². The van der Waals surface area contributed by atoms with Crippen LogP contribution in [0.3, 0.4) is 0 Å². The van der Waals surface area contributed by atoms with Crippen LogP contribution < -0.4 is 5.73 Å². The van der Waals surface area contributed by atoms with Gasteiger partial charge in [0.15, 0.2) is 6.10 Å². The van der Waals surface area contributed by atoms with E-state index in [-0.39, 0.29) is 25.2 Å². The minimum absolute atomic E-state index is 0.0621. The minimum Gasteiger partial charge on any atom is -0.462 e. The van der Waals surface area contributed by atoms with Gasteiger partial charge in [-0.3, -0.25) is 14.1 Å². The number of carbonyl (C=O) groups is 2. The summed E-state index contributed by atoms with van der Waals surface area (Å²) in [5.41, 5.74) is 5.50. The van der Waals surface area contributed by atoms with Crippen LogP contribution in [-0.2, 0) is 28.2 Å². The summed E-state index contributed by atoms with van der Waals surface area (Å²) in [5, 5.41) is 0. The van der Waals surface area contributed by atoms with Gasteiger partial charge in [0.2, 0.25) is 0 Å². The molecule has 0 saturated heterocycles. The van der Waals surface area contributed by atoms with Gasteiger partial charge in [-0.2, -0.15) is 0 Å². The van der Waals surface area contributed by atoms with E-state index in [9.17, 15) is 14.2 Å². The first-order chi connectivity index (χ1) is 17.6. The number of rotatable bonds is 28. The van der Waals surface area contributed by atoms with Gasteiger partial charge in [-0.1, -0.05) is 110 Å². The maximum Gasteiger partial charge on any atom is 0.327 e. The third-order valence-corrected chi connectivity index (χ3v) is 6.62. The second-order valence-corrected chi connectivity index (χ2v) is 10.2. The molecular weight excluding hydrogens is 477 g/mol. The first-order valence-corrected chi connectivity index (χ1v) is 15.4.